The lowest BCUT2D eigenvalue weighted by atomic mass is 9.90. The van der Waals surface area contributed by atoms with Crippen LogP contribution in [0, 0.1) is 5.41 Å². The third-order valence-corrected chi connectivity index (χ3v) is 2.13. The fraction of sp³-hybridized carbons (Fsp3) is 0.818. The number of hydrogen-bond acceptors (Lipinski definition) is 3. The van der Waals surface area contributed by atoms with Gasteiger partial charge in [0, 0.05) is 12.0 Å². The molecule has 0 aromatic rings. The summed E-state index contributed by atoms with van der Waals surface area (Å²) in [6, 6.07) is 0. The van der Waals surface area contributed by atoms with Crippen molar-refractivity contribution in [1.82, 2.24) is 5.32 Å². The van der Waals surface area contributed by atoms with E-state index in [0.717, 1.165) is 6.29 Å². The fourth-order valence-corrected chi connectivity index (χ4v) is 0.838. The number of carbonyl (C=O) groups excluding carboxylic acids is 2. The highest BCUT2D eigenvalue weighted by atomic mass is 16.6. The normalized spacial score (nSPS) is 15.3. The molecule has 15 heavy (non-hydrogen) atoms. The standard InChI is InChI=1S/C11H21NO3/c1-6-11(5,8-13)7-12-9(14)15-10(2,3)4/h8H,6-7H2,1-5H3,(H,12,14). The maximum absolute atomic E-state index is 11.3. The summed E-state index contributed by atoms with van der Waals surface area (Å²) in [5, 5.41) is 2.59. The molecule has 88 valence electrons. The second kappa shape index (κ2) is 5.14. The Kier molecular flexibility index (Phi) is 4.78. The van der Waals surface area contributed by atoms with Gasteiger partial charge < -0.3 is 14.8 Å². The van der Waals surface area contributed by atoms with Crippen LogP contribution >= 0.6 is 0 Å². The summed E-state index contributed by atoms with van der Waals surface area (Å²) in [5.74, 6) is 0. The highest BCUT2D eigenvalue weighted by Crippen LogP contribution is 2.16. The first-order valence-corrected chi connectivity index (χ1v) is 5.15. The molecule has 1 atom stereocenters. The summed E-state index contributed by atoms with van der Waals surface area (Å²) < 4.78 is 5.06. The number of ether oxygens (including phenoxy) is 1. The van der Waals surface area contributed by atoms with Gasteiger partial charge in [-0.2, -0.15) is 0 Å². The molecule has 4 nitrogen and oxygen atoms in total. The van der Waals surface area contributed by atoms with Crippen molar-refractivity contribution in [3.63, 3.8) is 0 Å². The molecule has 0 rings (SSSR count). The summed E-state index contributed by atoms with van der Waals surface area (Å²) in [5.41, 5.74) is -1.01. The molecule has 0 aliphatic carbocycles. The number of alkyl carbamates (subject to hydrolysis) is 1. The van der Waals surface area contributed by atoms with E-state index in [1.807, 2.05) is 6.92 Å². The first-order valence-electron chi connectivity index (χ1n) is 5.15. The molecule has 0 heterocycles. The monoisotopic (exact) mass is 215 g/mol. The molecule has 0 spiro atoms. The average Bonchev–Trinajstić information content (AvgIpc) is 2.12. The quantitative estimate of drug-likeness (QED) is 0.731. The van der Waals surface area contributed by atoms with Gasteiger partial charge in [0.05, 0.1) is 0 Å². The Morgan fingerprint density at radius 2 is 1.87 bits per heavy atom. The summed E-state index contributed by atoms with van der Waals surface area (Å²) in [6.45, 7) is 9.41. The van der Waals surface area contributed by atoms with Crippen molar-refractivity contribution in [2.24, 2.45) is 5.41 Å². The number of aldehydes is 1. The van der Waals surface area contributed by atoms with Crippen molar-refractivity contribution in [1.29, 1.82) is 0 Å². The Labute approximate surface area is 91.4 Å². The highest BCUT2D eigenvalue weighted by Gasteiger charge is 2.23. The summed E-state index contributed by atoms with van der Waals surface area (Å²) >= 11 is 0. The average molecular weight is 215 g/mol. The largest absolute Gasteiger partial charge is 0.444 e. The van der Waals surface area contributed by atoms with E-state index in [9.17, 15) is 9.59 Å². The van der Waals surface area contributed by atoms with Gasteiger partial charge in [-0.25, -0.2) is 4.79 Å². The number of nitrogens with one attached hydrogen (secondary N) is 1. The summed E-state index contributed by atoms with van der Waals surface area (Å²) in [6.07, 6.45) is 1.07. The SMILES string of the molecule is CCC(C)(C=O)CNC(=O)OC(C)(C)C. The smallest absolute Gasteiger partial charge is 0.407 e. The van der Waals surface area contributed by atoms with Crippen LogP contribution in [0.4, 0.5) is 4.79 Å². The van der Waals surface area contributed by atoms with E-state index < -0.39 is 17.1 Å². The molecule has 1 unspecified atom stereocenters. The van der Waals surface area contributed by atoms with E-state index in [2.05, 4.69) is 5.32 Å². The van der Waals surface area contributed by atoms with E-state index in [1.54, 1.807) is 27.7 Å². The molecule has 0 aliphatic rings. The molecule has 0 saturated carbocycles. The van der Waals surface area contributed by atoms with Gasteiger partial charge in [-0.05, 0) is 27.2 Å². The first-order chi connectivity index (χ1) is 6.72. The molecule has 0 aliphatic heterocycles. The number of carbonyl (C=O) groups is 2. The van der Waals surface area contributed by atoms with Crippen molar-refractivity contribution in [3.8, 4) is 0 Å². The molecule has 0 bridgehead atoms. The molecule has 0 radical (unpaired) electrons. The van der Waals surface area contributed by atoms with Crippen molar-refractivity contribution in [3.05, 3.63) is 0 Å². The van der Waals surface area contributed by atoms with Crippen molar-refractivity contribution in [2.75, 3.05) is 6.54 Å². The van der Waals surface area contributed by atoms with Crippen LogP contribution in [-0.4, -0.2) is 24.5 Å². The lowest BCUT2D eigenvalue weighted by Crippen LogP contribution is -2.39. The minimum absolute atomic E-state index is 0.307. The Hall–Kier alpha value is -1.06. The zero-order valence-corrected chi connectivity index (χ0v) is 10.2. The maximum atomic E-state index is 11.3. The molecule has 0 aromatic carbocycles. The Bertz CT molecular complexity index is 232. The van der Waals surface area contributed by atoms with Gasteiger partial charge in [0.25, 0.3) is 0 Å². The van der Waals surface area contributed by atoms with Gasteiger partial charge in [0.15, 0.2) is 0 Å². The maximum Gasteiger partial charge on any atom is 0.407 e. The van der Waals surface area contributed by atoms with Crippen LogP contribution in [0.5, 0.6) is 0 Å². The van der Waals surface area contributed by atoms with Crippen molar-refractivity contribution >= 4 is 12.4 Å². The van der Waals surface area contributed by atoms with Crippen LogP contribution < -0.4 is 5.32 Å². The zero-order chi connectivity index (χ0) is 12.1. The van der Waals surface area contributed by atoms with Crippen LogP contribution in [0.1, 0.15) is 41.0 Å². The van der Waals surface area contributed by atoms with Crippen molar-refractivity contribution in [2.45, 2.75) is 46.6 Å². The lowest BCUT2D eigenvalue weighted by molar-refractivity contribution is -0.115. The van der Waals surface area contributed by atoms with E-state index >= 15 is 0 Å². The molecule has 1 N–H and O–H groups in total. The van der Waals surface area contributed by atoms with Crippen LogP contribution in [0.15, 0.2) is 0 Å². The summed E-state index contributed by atoms with van der Waals surface area (Å²) in [7, 11) is 0. The zero-order valence-electron chi connectivity index (χ0n) is 10.2. The minimum Gasteiger partial charge on any atom is -0.444 e. The Morgan fingerprint density at radius 3 is 2.20 bits per heavy atom. The van der Waals surface area contributed by atoms with E-state index in [1.165, 1.54) is 0 Å². The van der Waals surface area contributed by atoms with Crippen LogP contribution in [0.2, 0.25) is 0 Å². The Morgan fingerprint density at radius 1 is 1.33 bits per heavy atom. The van der Waals surface area contributed by atoms with Gasteiger partial charge in [-0.1, -0.05) is 13.8 Å². The number of rotatable bonds is 4. The predicted molar refractivity (Wildman–Crippen MR) is 58.7 cm³/mol. The third kappa shape index (κ3) is 6.10. The topological polar surface area (TPSA) is 55.4 Å². The molecule has 4 heteroatoms. The summed E-state index contributed by atoms with van der Waals surface area (Å²) in [4.78, 5) is 22.1. The molecule has 0 fully saturated rings. The molecule has 0 aromatic heterocycles. The number of amides is 1. The molecule has 0 saturated heterocycles. The minimum atomic E-state index is -0.506. The van der Waals surface area contributed by atoms with Crippen molar-refractivity contribution < 1.29 is 14.3 Å². The lowest BCUT2D eigenvalue weighted by Gasteiger charge is -2.24. The van der Waals surface area contributed by atoms with Gasteiger partial charge in [0.2, 0.25) is 0 Å². The van der Waals surface area contributed by atoms with Gasteiger partial charge in [-0.3, -0.25) is 0 Å². The first kappa shape index (κ1) is 13.9. The third-order valence-electron chi connectivity index (χ3n) is 2.13. The van der Waals surface area contributed by atoms with Crippen LogP contribution in [0.25, 0.3) is 0 Å². The second-order valence-electron chi connectivity index (χ2n) is 4.98. The van der Waals surface area contributed by atoms with Gasteiger partial charge in [0.1, 0.15) is 11.9 Å². The van der Waals surface area contributed by atoms with Gasteiger partial charge in [-0.15, -0.1) is 0 Å². The molecular weight excluding hydrogens is 194 g/mol. The predicted octanol–water partition coefficient (Wildman–Crippen LogP) is 2.13. The molecular formula is C11H21NO3. The van der Waals surface area contributed by atoms with E-state index in [-0.39, 0.29) is 0 Å². The van der Waals surface area contributed by atoms with E-state index in [4.69, 9.17) is 4.74 Å². The van der Waals surface area contributed by atoms with Gasteiger partial charge >= 0.3 is 6.09 Å². The van der Waals surface area contributed by atoms with Crippen LogP contribution in [-0.2, 0) is 9.53 Å². The second-order valence-corrected chi connectivity index (χ2v) is 4.98. The molecule has 1 amide bonds. The van der Waals surface area contributed by atoms with E-state index in [0.29, 0.717) is 13.0 Å². The number of hydrogen-bond donors (Lipinski definition) is 1. The highest BCUT2D eigenvalue weighted by molar-refractivity contribution is 5.69. The fourth-order valence-electron chi connectivity index (χ4n) is 0.838. The Balaban J connectivity index is 4.06. The van der Waals surface area contributed by atoms with Crippen LogP contribution in [0.3, 0.4) is 0 Å².